The summed E-state index contributed by atoms with van der Waals surface area (Å²) in [6, 6.07) is 6.54. The smallest absolute Gasteiger partial charge is 0.243 e. The maximum Gasteiger partial charge on any atom is 0.243 e. The molecular formula is C19H22N2O4. The van der Waals surface area contributed by atoms with Gasteiger partial charge in [0.2, 0.25) is 17.7 Å². The first-order chi connectivity index (χ1) is 12.0. The molecule has 1 N–H and O–H groups in total. The van der Waals surface area contributed by atoms with Crippen LogP contribution in [0.3, 0.4) is 0 Å². The van der Waals surface area contributed by atoms with Crippen LogP contribution < -0.4 is 10.1 Å². The molecular weight excluding hydrogens is 320 g/mol. The molecule has 1 aliphatic heterocycles. The maximum absolute atomic E-state index is 12.5. The quantitative estimate of drug-likeness (QED) is 0.652. The molecule has 1 saturated heterocycles. The first-order valence-corrected chi connectivity index (χ1v) is 8.45. The Balaban J connectivity index is 1.62. The number of allylic oxidation sites excluding steroid dienone is 2. The van der Waals surface area contributed by atoms with Crippen molar-refractivity contribution in [2.75, 3.05) is 7.11 Å². The van der Waals surface area contributed by atoms with Crippen LogP contribution in [0.2, 0.25) is 0 Å². The molecule has 3 atom stereocenters. The fourth-order valence-corrected chi connectivity index (χ4v) is 3.41. The van der Waals surface area contributed by atoms with Gasteiger partial charge in [-0.3, -0.25) is 19.3 Å². The molecule has 25 heavy (non-hydrogen) atoms. The number of carbonyl (C=O) groups is 3. The molecule has 2 aliphatic rings. The van der Waals surface area contributed by atoms with Gasteiger partial charge in [0, 0.05) is 6.54 Å². The maximum atomic E-state index is 12.5. The van der Waals surface area contributed by atoms with Crippen molar-refractivity contribution in [3.05, 3.63) is 42.0 Å². The predicted molar refractivity (Wildman–Crippen MR) is 91.5 cm³/mol. The van der Waals surface area contributed by atoms with E-state index in [-0.39, 0.29) is 29.6 Å². The van der Waals surface area contributed by atoms with E-state index in [9.17, 15) is 14.4 Å². The second-order valence-electron chi connectivity index (χ2n) is 6.44. The first kappa shape index (κ1) is 17.2. The monoisotopic (exact) mass is 342 g/mol. The van der Waals surface area contributed by atoms with Gasteiger partial charge >= 0.3 is 0 Å². The van der Waals surface area contributed by atoms with Crippen molar-refractivity contribution in [3.8, 4) is 5.75 Å². The number of rotatable bonds is 5. The van der Waals surface area contributed by atoms with Crippen LogP contribution in [-0.4, -0.2) is 35.8 Å². The third kappa shape index (κ3) is 3.29. The summed E-state index contributed by atoms with van der Waals surface area (Å²) >= 11 is 0. The number of hydrogen-bond acceptors (Lipinski definition) is 4. The molecule has 132 valence electrons. The number of methoxy groups -OCH3 is 1. The van der Waals surface area contributed by atoms with E-state index in [1.165, 1.54) is 0 Å². The SMILES string of the molecule is COc1ccc(CNC(=O)[C@H](C)N2C(=O)[C@@H]3CC=CC[C@H]3C2=O)cc1. The van der Waals surface area contributed by atoms with Crippen molar-refractivity contribution >= 4 is 17.7 Å². The molecule has 6 heteroatoms. The Morgan fingerprint density at radius 3 is 2.24 bits per heavy atom. The average molecular weight is 342 g/mol. The molecule has 6 nitrogen and oxygen atoms in total. The lowest BCUT2D eigenvalue weighted by Gasteiger charge is -2.22. The van der Waals surface area contributed by atoms with Gasteiger partial charge in [0.05, 0.1) is 18.9 Å². The van der Waals surface area contributed by atoms with Crippen LogP contribution in [0.5, 0.6) is 5.75 Å². The molecule has 1 aliphatic carbocycles. The topological polar surface area (TPSA) is 75.7 Å². The van der Waals surface area contributed by atoms with Crippen LogP contribution >= 0.6 is 0 Å². The van der Waals surface area contributed by atoms with E-state index in [1.807, 2.05) is 36.4 Å². The number of carbonyl (C=O) groups excluding carboxylic acids is 3. The summed E-state index contributed by atoms with van der Waals surface area (Å²) in [4.78, 5) is 38.6. The summed E-state index contributed by atoms with van der Waals surface area (Å²) in [7, 11) is 1.59. The average Bonchev–Trinajstić information content (AvgIpc) is 2.90. The molecule has 3 rings (SSSR count). The summed E-state index contributed by atoms with van der Waals surface area (Å²) in [5.74, 6) is -0.668. The summed E-state index contributed by atoms with van der Waals surface area (Å²) in [5, 5.41) is 2.79. The van der Waals surface area contributed by atoms with Crippen LogP contribution in [0.1, 0.15) is 25.3 Å². The molecule has 1 aromatic carbocycles. The van der Waals surface area contributed by atoms with Crippen molar-refractivity contribution in [1.29, 1.82) is 0 Å². The van der Waals surface area contributed by atoms with Crippen molar-refractivity contribution in [2.24, 2.45) is 11.8 Å². The standard InChI is InChI=1S/C19H22N2O4/c1-12(17(22)20-11-13-7-9-14(25-2)10-8-13)21-18(23)15-5-3-4-6-16(15)19(21)24/h3-4,7-10,12,15-16H,5-6,11H2,1-2H3,(H,20,22)/t12-,15+,16+/m0/s1. The fraction of sp³-hybridized carbons (Fsp3) is 0.421. The number of imide groups is 1. The number of likely N-dealkylation sites (tertiary alicyclic amines) is 1. The van der Waals surface area contributed by atoms with E-state index < -0.39 is 6.04 Å². The van der Waals surface area contributed by atoms with Crippen LogP contribution in [0.15, 0.2) is 36.4 Å². The molecule has 1 aromatic rings. The summed E-state index contributed by atoms with van der Waals surface area (Å²) in [5.41, 5.74) is 0.915. The van der Waals surface area contributed by atoms with Crippen molar-refractivity contribution in [3.63, 3.8) is 0 Å². The Labute approximate surface area is 146 Å². The molecule has 0 saturated carbocycles. The van der Waals surface area contributed by atoms with Gasteiger partial charge in [-0.1, -0.05) is 24.3 Å². The zero-order chi connectivity index (χ0) is 18.0. The minimum Gasteiger partial charge on any atom is -0.497 e. The van der Waals surface area contributed by atoms with Gasteiger partial charge in [-0.15, -0.1) is 0 Å². The third-order valence-corrected chi connectivity index (χ3v) is 4.93. The molecule has 1 heterocycles. The molecule has 0 aromatic heterocycles. The highest BCUT2D eigenvalue weighted by Crippen LogP contribution is 2.36. The van der Waals surface area contributed by atoms with Gasteiger partial charge in [-0.25, -0.2) is 0 Å². The van der Waals surface area contributed by atoms with E-state index >= 15 is 0 Å². The number of ether oxygens (including phenoxy) is 1. The number of nitrogens with zero attached hydrogens (tertiary/aromatic N) is 1. The van der Waals surface area contributed by atoms with Gasteiger partial charge in [0.15, 0.2) is 0 Å². The van der Waals surface area contributed by atoms with E-state index in [0.717, 1.165) is 16.2 Å². The molecule has 3 amide bonds. The van der Waals surface area contributed by atoms with Crippen LogP contribution in [0.25, 0.3) is 0 Å². The first-order valence-electron chi connectivity index (χ1n) is 8.45. The van der Waals surface area contributed by atoms with Gasteiger partial charge in [0.25, 0.3) is 0 Å². The summed E-state index contributed by atoms with van der Waals surface area (Å²) in [6.07, 6.45) is 5.02. The Hall–Kier alpha value is -2.63. The minimum atomic E-state index is -0.802. The molecule has 0 bridgehead atoms. The van der Waals surface area contributed by atoms with Crippen LogP contribution in [-0.2, 0) is 20.9 Å². The van der Waals surface area contributed by atoms with Gasteiger partial charge in [0.1, 0.15) is 11.8 Å². The summed E-state index contributed by atoms with van der Waals surface area (Å²) in [6.45, 7) is 1.93. The van der Waals surface area contributed by atoms with Gasteiger partial charge in [-0.2, -0.15) is 0 Å². The highest BCUT2D eigenvalue weighted by molar-refractivity contribution is 6.08. The Morgan fingerprint density at radius 1 is 1.16 bits per heavy atom. The lowest BCUT2D eigenvalue weighted by atomic mass is 9.85. The van der Waals surface area contributed by atoms with E-state index in [2.05, 4.69) is 5.32 Å². The van der Waals surface area contributed by atoms with Crippen molar-refractivity contribution < 1.29 is 19.1 Å². The molecule has 1 fully saturated rings. The zero-order valence-corrected chi connectivity index (χ0v) is 14.4. The zero-order valence-electron chi connectivity index (χ0n) is 14.4. The second kappa shape index (κ2) is 7.09. The fourth-order valence-electron chi connectivity index (χ4n) is 3.41. The number of fused-ring (bicyclic) bond motifs is 1. The highest BCUT2D eigenvalue weighted by atomic mass is 16.5. The predicted octanol–water partition coefficient (Wildman–Crippen LogP) is 1.65. The third-order valence-electron chi connectivity index (χ3n) is 4.93. The minimum absolute atomic E-state index is 0.230. The highest BCUT2D eigenvalue weighted by Gasteiger charge is 2.49. The largest absolute Gasteiger partial charge is 0.497 e. The van der Waals surface area contributed by atoms with Crippen molar-refractivity contribution in [2.45, 2.75) is 32.4 Å². The molecule has 0 radical (unpaired) electrons. The lowest BCUT2D eigenvalue weighted by Crippen LogP contribution is -2.48. The van der Waals surface area contributed by atoms with E-state index in [1.54, 1.807) is 14.0 Å². The Kier molecular flexibility index (Phi) is 4.88. The van der Waals surface area contributed by atoms with E-state index in [0.29, 0.717) is 19.4 Å². The second-order valence-corrected chi connectivity index (χ2v) is 6.44. The normalized spacial score (nSPS) is 23.4. The van der Waals surface area contributed by atoms with Crippen LogP contribution in [0.4, 0.5) is 0 Å². The number of amides is 3. The van der Waals surface area contributed by atoms with Crippen molar-refractivity contribution in [1.82, 2.24) is 10.2 Å². The summed E-state index contributed by atoms with van der Waals surface area (Å²) < 4.78 is 5.10. The Bertz CT molecular complexity index is 685. The van der Waals surface area contributed by atoms with E-state index in [4.69, 9.17) is 4.74 Å². The molecule has 0 unspecified atom stereocenters. The number of hydrogen-bond donors (Lipinski definition) is 1. The van der Waals surface area contributed by atoms with Gasteiger partial charge in [-0.05, 0) is 37.5 Å². The lowest BCUT2D eigenvalue weighted by molar-refractivity contribution is -0.147. The Morgan fingerprint density at radius 2 is 1.72 bits per heavy atom. The van der Waals surface area contributed by atoms with Gasteiger partial charge < -0.3 is 10.1 Å². The van der Waals surface area contributed by atoms with Crippen LogP contribution in [0, 0.1) is 11.8 Å². The molecule has 0 spiro atoms. The number of nitrogens with one attached hydrogen (secondary N) is 1. The number of benzene rings is 1.